The number of allylic oxidation sites excluding steroid dienone is 14. The quantitative estimate of drug-likeness (QED) is 0.0272. The summed E-state index contributed by atoms with van der Waals surface area (Å²) in [7, 11) is 1.30. The molecule has 0 heterocycles. The van der Waals surface area contributed by atoms with Gasteiger partial charge in [-0.2, -0.15) is 0 Å². The Balaban J connectivity index is 3.74. The smallest absolute Gasteiger partial charge is 0.268 e. The van der Waals surface area contributed by atoms with E-state index < -0.39 is 20.0 Å². The number of likely N-dealkylation sites (N-methyl/N-ethyl adjacent to an activating group) is 1. The maximum absolute atomic E-state index is 12.8. The van der Waals surface area contributed by atoms with Gasteiger partial charge in [0.05, 0.1) is 39.9 Å². The zero-order chi connectivity index (χ0) is 49.9. The van der Waals surface area contributed by atoms with Crippen molar-refractivity contribution in [1.29, 1.82) is 0 Å². The molecule has 0 rings (SSSR count). The largest absolute Gasteiger partial charge is 0.756 e. The molecule has 9 heteroatoms. The van der Waals surface area contributed by atoms with E-state index in [4.69, 9.17) is 9.05 Å². The summed E-state index contributed by atoms with van der Waals surface area (Å²) in [5.74, 6) is -0.172. The fraction of sp³-hybridized carbons (Fsp3) is 0.746. The standard InChI is InChI=1S/C59H107N2O6P/c1-6-8-10-12-13-14-15-16-17-18-19-20-21-22-23-24-25-26-27-28-29-30-31-32-33-34-35-36-37-38-39-40-41-42-43-44-45-46-47-49-51-53-59(63)60-57(58(62)52-50-48-11-9-7-2)56-67-68(64,65)66-55-54-61(3,4)5/h8,10,13-14,16-17,19-20,22-23,25-26,28-29,57-58,62H,6-7,9,11-12,15,18,21,24,27,30-56H2,1-5H3,(H-,60,63,64,65)/b10-8-,14-13-,17-16-,20-19-,23-22-,26-25-,29-28-. The summed E-state index contributed by atoms with van der Waals surface area (Å²) < 4.78 is 23.1. The Bertz CT molecular complexity index is 1380. The summed E-state index contributed by atoms with van der Waals surface area (Å²) in [6.45, 7) is 4.51. The Hall–Kier alpha value is -2.32. The molecular formula is C59H107N2O6P. The number of hydrogen-bond acceptors (Lipinski definition) is 6. The number of nitrogens with one attached hydrogen (secondary N) is 1. The molecule has 8 nitrogen and oxygen atoms in total. The van der Waals surface area contributed by atoms with Crippen LogP contribution in [-0.2, 0) is 18.4 Å². The molecule has 0 saturated carbocycles. The molecule has 0 saturated heterocycles. The number of nitrogens with zero attached hydrogens (tertiary/aromatic N) is 1. The monoisotopic (exact) mass is 971 g/mol. The number of aliphatic hydroxyl groups is 1. The summed E-state index contributed by atoms with van der Waals surface area (Å²) in [6.07, 6.45) is 69.8. The zero-order valence-electron chi connectivity index (χ0n) is 44.8. The minimum Gasteiger partial charge on any atom is -0.756 e. The van der Waals surface area contributed by atoms with E-state index in [1.165, 1.54) is 109 Å². The highest BCUT2D eigenvalue weighted by Crippen LogP contribution is 2.38. The van der Waals surface area contributed by atoms with Crippen molar-refractivity contribution in [3.8, 4) is 0 Å². The van der Waals surface area contributed by atoms with Crippen molar-refractivity contribution < 1.29 is 32.9 Å². The van der Waals surface area contributed by atoms with E-state index in [0.717, 1.165) is 96.3 Å². The number of unbranched alkanes of at least 4 members (excludes halogenated alkanes) is 23. The molecule has 0 bridgehead atoms. The number of phosphoric acid groups is 1. The predicted octanol–water partition coefficient (Wildman–Crippen LogP) is 16.2. The van der Waals surface area contributed by atoms with Gasteiger partial charge in [0.15, 0.2) is 0 Å². The summed E-state index contributed by atoms with van der Waals surface area (Å²) >= 11 is 0. The van der Waals surface area contributed by atoms with Crippen molar-refractivity contribution in [2.45, 2.75) is 244 Å². The molecule has 0 spiro atoms. The molecule has 0 aliphatic rings. The number of phosphoric ester groups is 1. The summed E-state index contributed by atoms with van der Waals surface area (Å²) in [5.41, 5.74) is 0. The number of aliphatic hydroxyl groups excluding tert-OH is 1. The van der Waals surface area contributed by atoms with E-state index in [0.29, 0.717) is 23.9 Å². The predicted molar refractivity (Wildman–Crippen MR) is 293 cm³/mol. The maximum Gasteiger partial charge on any atom is 0.268 e. The first-order valence-electron chi connectivity index (χ1n) is 27.9. The van der Waals surface area contributed by atoms with Crippen LogP contribution in [0.4, 0.5) is 0 Å². The first-order chi connectivity index (χ1) is 33.0. The fourth-order valence-electron chi connectivity index (χ4n) is 7.79. The third-order valence-electron chi connectivity index (χ3n) is 12.1. The van der Waals surface area contributed by atoms with Crippen LogP contribution in [0.1, 0.15) is 232 Å². The lowest BCUT2D eigenvalue weighted by Crippen LogP contribution is -2.46. The van der Waals surface area contributed by atoms with Gasteiger partial charge in [-0.05, 0) is 70.6 Å². The van der Waals surface area contributed by atoms with Crippen LogP contribution in [0.25, 0.3) is 0 Å². The average molecular weight is 971 g/mol. The molecule has 0 aromatic carbocycles. The number of quaternary nitrogens is 1. The van der Waals surface area contributed by atoms with E-state index in [2.05, 4.69) is 104 Å². The van der Waals surface area contributed by atoms with E-state index >= 15 is 0 Å². The third-order valence-corrected chi connectivity index (χ3v) is 13.1. The number of amides is 1. The number of rotatable bonds is 50. The molecule has 394 valence electrons. The van der Waals surface area contributed by atoms with Crippen LogP contribution in [0.2, 0.25) is 0 Å². The molecule has 0 aromatic heterocycles. The molecule has 0 fully saturated rings. The van der Waals surface area contributed by atoms with E-state index in [9.17, 15) is 19.4 Å². The first kappa shape index (κ1) is 65.7. The highest BCUT2D eigenvalue weighted by atomic mass is 31.2. The molecule has 0 aromatic rings. The normalized spacial score (nSPS) is 14.6. The van der Waals surface area contributed by atoms with E-state index in [1.54, 1.807) is 0 Å². The summed E-state index contributed by atoms with van der Waals surface area (Å²) in [6, 6.07) is -0.798. The van der Waals surface area contributed by atoms with Gasteiger partial charge in [0, 0.05) is 6.42 Å². The van der Waals surface area contributed by atoms with Gasteiger partial charge in [-0.1, -0.05) is 240 Å². The van der Waals surface area contributed by atoms with Crippen LogP contribution in [-0.4, -0.2) is 68.5 Å². The van der Waals surface area contributed by atoms with Crippen molar-refractivity contribution in [2.75, 3.05) is 40.9 Å². The van der Waals surface area contributed by atoms with Crippen molar-refractivity contribution in [1.82, 2.24) is 5.32 Å². The van der Waals surface area contributed by atoms with Gasteiger partial charge in [-0.25, -0.2) is 0 Å². The summed E-state index contributed by atoms with van der Waals surface area (Å²) in [4.78, 5) is 25.2. The van der Waals surface area contributed by atoms with Gasteiger partial charge < -0.3 is 28.8 Å². The summed E-state index contributed by atoms with van der Waals surface area (Å²) in [5, 5.41) is 13.7. The van der Waals surface area contributed by atoms with Crippen molar-refractivity contribution in [3.05, 3.63) is 85.1 Å². The molecule has 0 aliphatic heterocycles. The van der Waals surface area contributed by atoms with Gasteiger partial charge in [0.2, 0.25) is 5.91 Å². The second-order valence-corrected chi connectivity index (χ2v) is 21.3. The molecule has 68 heavy (non-hydrogen) atoms. The lowest BCUT2D eigenvalue weighted by atomic mass is 10.0. The second-order valence-electron chi connectivity index (χ2n) is 19.9. The van der Waals surface area contributed by atoms with Gasteiger partial charge in [-0.15, -0.1) is 0 Å². The van der Waals surface area contributed by atoms with Crippen LogP contribution in [0.5, 0.6) is 0 Å². The van der Waals surface area contributed by atoms with Crippen LogP contribution in [0.15, 0.2) is 85.1 Å². The third kappa shape index (κ3) is 51.5. The Morgan fingerprint density at radius 3 is 1.31 bits per heavy atom. The minimum absolute atomic E-state index is 0.0102. The van der Waals surface area contributed by atoms with Gasteiger partial charge >= 0.3 is 0 Å². The molecule has 0 radical (unpaired) electrons. The first-order valence-corrected chi connectivity index (χ1v) is 29.4. The molecule has 0 aliphatic carbocycles. The van der Waals surface area contributed by atoms with Gasteiger partial charge in [0.1, 0.15) is 13.2 Å². The highest BCUT2D eigenvalue weighted by Gasteiger charge is 2.24. The fourth-order valence-corrected chi connectivity index (χ4v) is 8.51. The lowest BCUT2D eigenvalue weighted by molar-refractivity contribution is -0.870. The maximum atomic E-state index is 12.8. The molecule has 1 amide bonds. The van der Waals surface area contributed by atoms with Crippen LogP contribution in [0, 0.1) is 0 Å². The van der Waals surface area contributed by atoms with Crippen LogP contribution < -0.4 is 10.2 Å². The number of carbonyl (C=O) groups is 1. The van der Waals surface area contributed by atoms with Crippen molar-refractivity contribution in [3.63, 3.8) is 0 Å². The topological polar surface area (TPSA) is 108 Å². The lowest BCUT2D eigenvalue weighted by Gasteiger charge is -2.30. The van der Waals surface area contributed by atoms with E-state index in [-0.39, 0.29) is 19.1 Å². The van der Waals surface area contributed by atoms with Crippen molar-refractivity contribution in [2.24, 2.45) is 0 Å². The van der Waals surface area contributed by atoms with Crippen LogP contribution >= 0.6 is 7.82 Å². The Labute approximate surface area is 420 Å². The molecule has 3 atom stereocenters. The molecular weight excluding hydrogens is 864 g/mol. The minimum atomic E-state index is -4.55. The van der Waals surface area contributed by atoms with Gasteiger partial charge in [-0.3, -0.25) is 9.36 Å². The average Bonchev–Trinajstić information content (AvgIpc) is 3.30. The molecule has 2 N–H and O–H groups in total. The molecule has 3 unspecified atom stereocenters. The Morgan fingerprint density at radius 2 is 0.897 bits per heavy atom. The Kier molecular flexibility index (Phi) is 48.0. The van der Waals surface area contributed by atoms with Crippen molar-refractivity contribution >= 4 is 13.7 Å². The van der Waals surface area contributed by atoms with Gasteiger partial charge in [0.25, 0.3) is 7.82 Å². The SMILES string of the molecule is CC/C=C\C/C=C\C/C=C\C/C=C\C/C=C\C/C=C\C/C=C\CCCCCCCCCCCCCCCCCCCCCC(=O)NC(COP(=O)([O-])OCC[N+](C)(C)C)C(O)CCCCCCC. The Morgan fingerprint density at radius 1 is 0.529 bits per heavy atom. The zero-order valence-corrected chi connectivity index (χ0v) is 45.7. The highest BCUT2D eigenvalue weighted by molar-refractivity contribution is 7.45. The number of carbonyl (C=O) groups excluding carboxylic acids is 1. The number of hydrogen-bond donors (Lipinski definition) is 2. The van der Waals surface area contributed by atoms with E-state index in [1.807, 2.05) is 21.1 Å². The second kappa shape index (κ2) is 49.7. The van der Waals surface area contributed by atoms with Crippen LogP contribution in [0.3, 0.4) is 0 Å².